The molecule has 0 unspecified atom stereocenters. The number of halogens is 1. The average Bonchev–Trinajstić information content (AvgIpc) is 2.68. The van der Waals surface area contributed by atoms with Gasteiger partial charge < -0.3 is 21.1 Å². The van der Waals surface area contributed by atoms with Gasteiger partial charge in [-0.2, -0.15) is 0 Å². The number of methoxy groups -OCH3 is 1. The maximum atomic E-state index is 11.8. The highest BCUT2D eigenvalue weighted by molar-refractivity contribution is 6.32. The fourth-order valence-electron chi connectivity index (χ4n) is 3.24. The Kier molecular flexibility index (Phi) is 6.02. The third-order valence-corrected chi connectivity index (χ3v) is 4.95. The molecule has 0 bridgehead atoms. The highest BCUT2D eigenvalue weighted by atomic mass is 35.5. The van der Waals surface area contributed by atoms with E-state index in [1.54, 1.807) is 19.4 Å². The molecule has 0 aliphatic heterocycles. The number of fused-ring (bicyclic) bond motifs is 1. The normalized spacial score (nSPS) is 12.0. The second-order valence-electron chi connectivity index (χ2n) is 6.53. The van der Waals surface area contributed by atoms with Crippen LogP contribution >= 0.6 is 11.6 Å². The van der Waals surface area contributed by atoms with Gasteiger partial charge in [0.05, 0.1) is 29.3 Å². The molecule has 0 spiro atoms. The van der Waals surface area contributed by atoms with E-state index in [9.17, 15) is 4.79 Å². The average molecular weight is 399 g/mol. The lowest BCUT2D eigenvalue weighted by molar-refractivity contribution is 0.100. The minimum absolute atomic E-state index is 0.0602. The number of hydrogen-bond acceptors (Lipinski definition) is 5. The molecular weight excluding hydrogens is 376 g/mol. The van der Waals surface area contributed by atoms with Crippen LogP contribution in [0.4, 0.5) is 5.69 Å². The first-order chi connectivity index (χ1) is 13.5. The molecule has 0 radical (unpaired) electrons. The van der Waals surface area contributed by atoms with Crippen LogP contribution in [-0.2, 0) is 0 Å². The van der Waals surface area contributed by atoms with Gasteiger partial charge in [-0.25, -0.2) is 0 Å². The quantitative estimate of drug-likeness (QED) is 0.565. The summed E-state index contributed by atoms with van der Waals surface area (Å²) in [5, 5.41) is 8.19. The van der Waals surface area contributed by atoms with E-state index >= 15 is 0 Å². The zero-order valence-corrected chi connectivity index (χ0v) is 16.8. The van der Waals surface area contributed by atoms with Gasteiger partial charge in [0.15, 0.2) is 0 Å². The number of aryl methyl sites for hydroxylation is 1. The van der Waals surface area contributed by atoms with Gasteiger partial charge in [0.1, 0.15) is 5.75 Å². The van der Waals surface area contributed by atoms with Gasteiger partial charge in [0.2, 0.25) is 0 Å². The first-order valence-corrected chi connectivity index (χ1v) is 9.26. The van der Waals surface area contributed by atoms with Gasteiger partial charge in [0.25, 0.3) is 5.91 Å². The number of nitrogens with two attached hydrogens (primary N) is 1. The van der Waals surface area contributed by atoms with Crippen LogP contribution in [0.15, 0.2) is 42.6 Å². The Morgan fingerprint density at radius 2 is 2.11 bits per heavy atom. The largest absolute Gasteiger partial charge is 0.495 e. The molecule has 0 aliphatic rings. The lowest BCUT2D eigenvalue weighted by Gasteiger charge is -2.23. The number of nitrogens with zero attached hydrogens (tertiary/aromatic N) is 1. The number of hydrogen-bond donors (Lipinski definition) is 3. The standard InChI is InChI=1S/C21H23ClN4O2/c1-12-10-25-20-14(5-4-6-15(20)21(23)27)19(12)26-17(11-24-2)13-7-8-18(28-3)16(22)9-13/h4-10,17,24H,11H2,1-3H3,(H2,23,27)(H,25,26)/t17-/m1/s1. The number of aromatic nitrogens is 1. The molecule has 2 aromatic carbocycles. The molecule has 28 heavy (non-hydrogen) atoms. The predicted octanol–water partition coefficient (Wildman–Crippen LogP) is 3.68. The summed E-state index contributed by atoms with van der Waals surface area (Å²) in [4.78, 5) is 16.2. The lowest BCUT2D eigenvalue weighted by atomic mass is 10.0. The van der Waals surface area contributed by atoms with Crippen molar-refractivity contribution in [1.82, 2.24) is 10.3 Å². The number of benzene rings is 2. The Morgan fingerprint density at radius 1 is 1.32 bits per heavy atom. The smallest absolute Gasteiger partial charge is 0.250 e. The van der Waals surface area contributed by atoms with E-state index in [0.717, 1.165) is 22.2 Å². The number of likely N-dealkylation sites (N-methyl/N-ethyl adjacent to an activating group) is 1. The summed E-state index contributed by atoms with van der Waals surface area (Å²) in [5.41, 5.74) is 9.38. The molecule has 0 fully saturated rings. The van der Waals surface area contributed by atoms with E-state index in [4.69, 9.17) is 22.1 Å². The number of anilines is 1. The zero-order chi connectivity index (χ0) is 20.3. The van der Waals surface area contributed by atoms with Gasteiger partial charge in [0, 0.05) is 23.8 Å². The monoisotopic (exact) mass is 398 g/mol. The SMILES string of the molecule is CNC[C@@H](Nc1c(C)cnc2c(C(N)=O)cccc12)c1ccc(OC)c(Cl)c1. The number of carbonyl (C=O) groups excluding carboxylic acids is 1. The lowest BCUT2D eigenvalue weighted by Crippen LogP contribution is -2.24. The van der Waals surface area contributed by atoms with Crippen molar-refractivity contribution in [3.05, 3.63) is 64.3 Å². The van der Waals surface area contributed by atoms with Crippen LogP contribution in [0.5, 0.6) is 5.75 Å². The molecule has 1 atom stereocenters. The van der Waals surface area contributed by atoms with E-state index in [0.29, 0.717) is 28.4 Å². The van der Waals surface area contributed by atoms with Crippen LogP contribution in [0.2, 0.25) is 5.02 Å². The first-order valence-electron chi connectivity index (χ1n) is 8.89. The number of rotatable bonds is 7. The Morgan fingerprint density at radius 3 is 2.75 bits per heavy atom. The highest BCUT2D eigenvalue weighted by Gasteiger charge is 2.17. The van der Waals surface area contributed by atoms with Crippen molar-refractivity contribution < 1.29 is 9.53 Å². The molecule has 6 nitrogen and oxygen atoms in total. The number of primary amides is 1. The summed E-state index contributed by atoms with van der Waals surface area (Å²) >= 11 is 6.32. The number of carbonyl (C=O) groups is 1. The number of para-hydroxylation sites is 1. The third kappa shape index (κ3) is 3.88. The topological polar surface area (TPSA) is 89.3 Å². The van der Waals surface area contributed by atoms with Gasteiger partial charge in [-0.15, -0.1) is 0 Å². The van der Waals surface area contributed by atoms with Crippen molar-refractivity contribution in [3.8, 4) is 5.75 Å². The Hall–Kier alpha value is -2.83. The third-order valence-electron chi connectivity index (χ3n) is 4.66. The summed E-state index contributed by atoms with van der Waals surface area (Å²) in [6.07, 6.45) is 1.74. The minimum atomic E-state index is -0.499. The van der Waals surface area contributed by atoms with Crippen molar-refractivity contribution >= 4 is 34.1 Å². The number of pyridine rings is 1. The number of ether oxygens (including phenoxy) is 1. The highest BCUT2D eigenvalue weighted by Crippen LogP contribution is 2.33. The van der Waals surface area contributed by atoms with Crippen molar-refractivity contribution in [2.75, 3.05) is 26.0 Å². The molecule has 4 N–H and O–H groups in total. The minimum Gasteiger partial charge on any atom is -0.495 e. The maximum Gasteiger partial charge on any atom is 0.250 e. The van der Waals surface area contributed by atoms with Gasteiger partial charge in [-0.05, 0) is 43.3 Å². The van der Waals surface area contributed by atoms with Crippen LogP contribution in [0.25, 0.3) is 10.9 Å². The summed E-state index contributed by atoms with van der Waals surface area (Å²) in [6, 6.07) is 11.1. The number of nitrogens with one attached hydrogen (secondary N) is 2. The zero-order valence-electron chi connectivity index (χ0n) is 16.0. The van der Waals surface area contributed by atoms with E-state index in [1.165, 1.54) is 0 Å². The fraction of sp³-hybridized carbons (Fsp3) is 0.238. The summed E-state index contributed by atoms with van der Waals surface area (Å²) < 4.78 is 5.25. The molecule has 1 heterocycles. The summed E-state index contributed by atoms with van der Waals surface area (Å²) in [7, 11) is 3.48. The van der Waals surface area contributed by atoms with Crippen molar-refractivity contribution in [3.63, 3.8) is 0 Å². The van der Waals surface area contributed by atoms with E-state index in [1.807, 2.05) is 44.3 Å². The second kappa shape index (κ2) is 8.46. The van der Waals surface area contributed by atoms with Crippen LogP contribution in [0, 0.1) is 6.92 Å². The van der Waals surface area contributed by atoms with Gasteiger partial charge in [-0.3, -0.25) is 9.78 Å². The molecular formula is C21H23ClN4O2. The second-order valence-corrected chi connectivity index (χ2v) is 6.94. The van der Waals surface area contributed by atoms with Crippen molar-refractivity contribution in [2.24, 2.45) is 5.73 Å². The summed E-state index contributed by atoms with van der Waals surface area (Å²) in [6.45, 7) is 2.64. The van der Waals surface area contributed by atoms with Gasteiger partial charge in [-0.1, -0.05) is 29.8 Å². The summed E-state index contributed by atoms with van der Waals surface area (Å²) in [5.74, 6) is 0.131. The molecule has 146 valence electrons. The first kappa shape index (κ1) is 19.9. The molecule has 7 heteroatoms. The maximum absolute atomic E-state index is 11.8. The molecule has 1 amide bonds. The van der Waals surface area contributed by atoms with Crippen LogP contribution in [0.3, 0.4) is 0 Å². The Bertz CT molecular complexity index is 1020. The molecule has 0 aliphatic carbocycles. The molecule has 3 aromatic rings. The van der Waals surface area contributed by atoms with Crippen LogP contribution in [0.1, 0.15) is 27.5 Å². The molecule has 0 saturated carbocycles. The molecule has 0 saturated heterocycles. The Labute approximate surface area is 169 Å². The van der Waals surface area contributed by atoms with Crippen LogP contribution in [-0.4, -0.2) is 31.6 Å². The van der Waals surface area contributed by atoms with E-state index in [-0.39, 0.29) is 6.04 Å². The van der Waals surface area contributed by atoms with Crippen molar-refractivity contribution in [2.45, 2.75) is 13.0 Å². The van der Waals surface area contributed by atoms with Crippen LogP contribution < -0.4 is 21.1 Å². The Balaban J connectivity index is 2.07. The van der Waals surface area contributed by atoms with E-state index < -0.39 is 5.91 Å². The van der Waals surface area contributed by atoms with Gasteiger partial charge >= 0.3 is 0 Å². The van der Waals surface area contributed by atoms with Crippen molar-refractivity contribution in [1.29, 1.82) is 0 Å². The van der Waals surface area contributed by atoms with E-state index in [2.05, 4.69) is 15.6 Å². The molecule has 1 aromatic heterocycles. The molecule has 3 rings (SSSR count). The number of amides is 1. The predicted molar refractivity (Wildman–Crippen MR) is 113 cm³/mol. The fourth-order valence-corrected chi connectivity index (χ4v) is 3.51.